The Morgan fingerprint density at radius 2 is 1.93 bits per heavy atom. The molecule has 3 heterocycles. The first-order chi connectivity index (χ1) is 14.3. The average molecular weight is 437 g/mol. The van der Waals surface area contributed by atoms with Crippen LogP contribution >= 0.6 is 11.3 Å². The molecule has 7 nitrogen and oxygen atoms in total. The zero-order valence-electron chi connectivity index (χ0n) is 15.2. The second-order valence-corrected chi connectivity index (χ2v) is 7.18. The van der Waals surface area contributed by atoms with E-state index < -0.39 is 29.8 Å². The minimum absolute atomic E-state index is 0.255. The fourth-order valence-corrected chi connectivity index (χ4v) is 3.54. The number of nitrogens with one attached hydrogen (secondary N) is 1. The number of hydrogen-bond donors (Lipinski definition) is 1. The summed E-state index contributed by atoms with van der Waals surface area (Å²) in [7, 11) is 0. The SMILES string of the molecule is O=C(Cn1cc(C(F)(F)F)ccc1=O)Nc1nc(-c2ccc3c(c2)OCCO3)cs1. The van der Waals surface area contributed by atoms with Crippen LogP contribution in [-0.2, 0) is 17.5 Å². The van der Waals surface area contributed by atoms with E-state index in [2.05, 4.69) is 10.3 Å². The van der Waals surface area contributed by atoms with Crippen molar-refractivity contribution in [3.05, 3.63) is 57.8 Å². The molecule has 1 aliphatic heterocycles. The molecule has 2 aromatic heterocycles. The summed E-state index contributed by atoms with van der Waals surface area (Å²) in [5, 5.41) is 4.47. The first-order valence-electron chi connectivity index (χ1n) is 8.73. The van der Waals surface area contributed by atoms with Crippen molar-refractivity contribution in [3.8, 4) is 22.8 Å². The average Bonchev–Trinajstić information content (AvgIpc) is 3.16. The number of rotatable bonds is 4. The fourth-order valence-electron chi connectivity index (χ4n) is 2.80. The summed E-state index contributed by atoms with van der Waals surface area (Å²) in [6, 6.07) is 6.80. The van der Waals surface area contributed by atoms with E-state index in [1.807, 2.05) is 0 Å². The van der Waals surface area contributed by atoms with Crippen molar-refractivity contribution in [1.82, 2.24) is 9.55 Å². The number of carbonyl (C=O) groups excluding carboxylic acids is 1. The number of carbonyl (C=O) groups is 1. The van der Waals surface area contributed by atoms with Gasteiger partial charge in [0.05, 0.1) is 11.3 Å². The third kappa shape index (κ3) is 4.30. The Morgan fingerprint density at radius 1 is 1.17 bits per heavy atom. The Bertz CT molecular complexity index is 1160. The van der Waals surface area contributed by atoms with Crippen LogP contribution in [0, 0.1) is 0 Å². The molecule has 11 heteroatoms. The maximum absolute atomic E-state index is 12.8. The summed E-state index contributed by atoms with van der Waals surface area (Å²) in [6.07, 6.45) is -4.00. The lowest BCUT2D eigenvalue weighted by Gasteiger charge is -2.18. The van der Waals surface area contributed by atoms with Gasteiger partial charge in [-0.1, -0.05) is 0 Å². The van der Waals surface area contributed by atoms with E-state index in [0.717, 1.165) is 23.0 Å². The number of benzene rings is 1. The van der Waals surface area contributed by atoms with Crippen LogP contribution in [0.3, 0.4) is 0 Å². The molecular weight excluding hydrogens is 423 g/mol. The van der Waals surface area contributed by atoms with E-state index in [-0.39, 0.29) is 5.13 Å². The number of alkyl halides is 3. The molecule has 1 N–H and O–H groups in total. The van der Waals surface area contributed by atoms with Gasteiger partial charge in [0, 0.05) is 23.2 Å². The van der Waals surface area contributed by atoms with Gasteiger partial charge >= 0.3 is 6.18 Å². The third-order valence-electron chi connectivity index (χ3n) is 4.21. The lowest BCUT2D eigenvalue weighted by molar-refractivity contribution is -0.138. The van der Waals surface area contributed by atoms with Crippen molar-refractivity contribution >= 4 is 22.4 Å². The van der Waals surface area contributed by atoms with Crippen molar-refractivity contribution in [3.63, 3.8) is 0 Å². The molecule has 1 aromatic carbocycles. The van der Waals surface area contributed by atoms with Crippen LogP contribution in [0.2, 0.25) is 0 Å². The number of aromatic nitrogens is 2. The molecule has 0 spiro atoms. The second kappa shape index (κ2) is 7.82. The first kappa shape index (κ1) is 20.0. The van der Waals surface area contributed by atoms with Gasteiger partial charge in [-0.15, -0.1) is 11.3 Å². The first-order valence-corrected chi connectivity index (χ1v) is 9.61. The van der Waals surface area contributed by atoms with Gasteiger partial charge in [0.1, 0.15) is 19.8 Å². The predicted octanol–water partition coefficient (Wildman–Crippen LogP) is 3.40. The Balaban J connectivity index is 1.47. The molecule has 0 bridgehead atoms. The molecule has 0 saturated heterocycles. The highest BCUT2D eigenvalue weighted by Crippen LogP contribution is 2.35. The number of amides is 1. The van der Waals surface area contributed by atoms with E-state index in [1.165, 1.54) is 0 Å². The smallest absolute Gasteiger partial charge is 0.417 e. The van der Waals surface area contributed by atoms with Crippen molar-refractivity contribution in [2.75, 3.05) is 18.5 Å². The summed E-state index contributed by atoms with van der Waals surface area (Å²) in [4.78, 5) is 28.3. The maximum Gasteiger partial charge on any atom is 0.417 e. The van der Waals surface area contributed by atoms with Crippen LogP contribution < -0.4 is 20.3 Å². The van der Waals surface area contributed by atoms with Crippen LogP contribution in [0.1, 0.15) is 5.56 Å². The summed E-state index contributed by atoms with van der Waals surface area (Å²) >= 11 is 1.15. The highest BCUT2D eigenvalue weighted by atomic mass is 32.1. The quantitative estimate of drug-likeness (QED) is 0.677. The Morgan fingerprint density at radius 3 is 2.70 bits per heavy atom. The minimum Gasteiger partial charge on any atom is -0.486 e. The topological polar surface area (TPSA) is 82.5 Å². The standard InChI is InChI=1S/C19H14F3N3O4S/c20-19(21,22)12-2-4-17(27)25(8-12)9-16(26)24-18-23-13(10-30-18)11-1-3-14-15(7-11)29-6-5-28-14/h1-4,7-8,10H,5-6,9H2,(H,23,24,26). The summed E-state index contributed by atoms with van der Waals surface area (Å²) < 4.78 is 50.1. The van der Waals surface area contributed by atoms with Gasteiger partial charge in [-0.25, -0.2) is 4.98 Å². The number of ether oxygens (including phenoxy) is 2. The van der Waals surface area contributed by atoms with Crippen LogP contribution in [0.5, 0.6) is 11.5 Å². The molecule has 0 atom stereocenters. The zero-order chi connectivity index (χ0) is 21.3. The van der Waals surface area contributed by atoms with E-state index in [0.29, 0.717) is 47.2 Å². The van der Waals surface area contributed by atoms with E-state index in [4.69, 9.17) is 9.47 Å². The number of nitrogens with zero attached hydrogens (tertiary/aromatic N) is 2. The molecular formula is C19H14F3N3O4S. The molecule has 156 valence electrons. The van der Waals surface area contributed by atoms with Gasteiger partial charge in [-0.3, -0.25) is 9.59 Å². The normalized spacial score (nSPS) is 13.2. The lowest BCUT2D eigenvalue weighted by atomic mass is 10.1. The highest BCUT2D eigenvalue weighted by molar-refractivity contribution is 7.14. The second-order valence-electron chi connectivity index (χ2n) is 6.33. The van der Waals surface area contributed by atoms with Gasteiger partial charge in [0.25, 0.3) is 5.56 Å². The summed E-state index contributed by atoms with van der Waals surface area (Å²) in [6.45, 7) is 0.361. The number of pyridine rings is 1. The van der Waals surface area contributed by atoms with Gasteiger partial charge in [-0.05, 0) is 24.3 Å². The number of fused-ring (bicyclic) bond motifs is 1. The summed E-state index contributed by atoms with van der Waals surface area (Å²) in [5.41, 5.74) is -0.382. The zero-order valence-corrected chi connectivity index (χ0v) is 16.0. The van der Waals surface area contributed by atoms with Crippen LogP contribution in [0.25, 0.3) is 11.3 Å². The van der Waals surface area contributed by atoms with E-state index in [1.54, 1.807) is 23.6 Å². The number of anilines is 1. The minimum atomic E-state index is -4.61. The number of thiazole rings is 1. The van der Waals surface area contributed by atoms with Crippen LogP contribution in [-0.4, -0.2) is 28.7 Å². The van der Waals surface area contributed by atoms with Crippen molar-refractivity contribution in [1.29, 1.82) is 0 Å². The summed E-state index contributed by atoms with van der Waals surface area (Å²) in [5.74, 6) is 0.570. The molecule has 0 unspecified atom stereocenters. The fraction of sp³-hybridized carbons (Fsp3) is 0.211. The maximum atomic E-state index is 12.8. The Labute approximate surface area is 171 Å². The van der Waals surface area contributed by atoms with E-state index >= 15 is 0 Å². The van der Waals surface area contributed by atoms with Crippen LogP contribution in [0.15, 0.2) is 46.7 Å². The third-order valence-corrected chi connectivity index (χ3v) is 4.97. The largest absolute Gasteiger partial charge is 0.486 e. The van der Waals surface area contributed by atoms with E-state index in [9.17, 15) is 22.8 Å². The van der Waals surface area contributed by atoms with Crippen molar-refractivity contribution < 1.29 is 27.4 Å². The predicted molar refractivity (Wildman–Crippen MR) is 103 cm³/mol. The molecule has 0 fully saturated rings. The molecule has 0 radical (unpaired) electrons. The molecule has 0 saturated carbocycles. The van der Waals surface area contributed by atoms with Gasteiger partial charge in [0.15, 0.2) is 16.6 Å². The van der Waals surface area contributed by atoms with Gasteiger partial charge in [-0.2, -0.15) is 13.2 Å². The molecule has 4 rings (SSSR count). The van der Waals surface area contributed by atoms with Gasteiger partial charge < -0.3 is 19.4 Å². The van der Waals surface area contributed by atoms with Gasteiger partial charge in [0.2, 0.25) is 5.91 Å². The van der Waals surface area contributed by atoms with Crippen molar-refractivity contribution in [2.24, 2.45) is 0 Å². The van der Waals surface area contributed by atoms with Crippen molar-refractivity contribution in [2.45, 2.75) is 12.7 Å². The highest BCUT2D eigenvalue weighted by Gasteiger charge is 2.31. The molecule has 0 aliphatic carbocycles. The molecule has 3 aromatic rings. The Kier molecular flexibility index (Phi) is 5.20. The molecule has 1 aliphatic rings. The molecule has 1 amide bonds. The van der Waals surface area contributed by atoms with Crippen LogP contribution in [0.4, 0.5) is 18.3 Å². The lowest BCUT2D eigenvalue weighted by Crippen LogP contribution is -2.28. The number of hydrogen-bond acceptors (Lipinski definition) is 6. The monoisotopic (exact) mass is 437 g/mol. The molecule has 30 heavy (non-hydrogen) atoms. The number of halogens is 3. The Hall–Kier alpha value is -3.34.